The van der Waals surface area contributed by atoms with Crippen LogP contribution in [0.25, 0.3) is 20.8 Å². The second kappa shape index (κ2) is 9.67. The largest absolute Gasteiger partial charge is 0.351 e. The molecule has 2 N–H and O–H groups in total. The van der Waals surface area contributed by atoms with Gasteiger partial charge in [-0.1, -0.05) is 12.1 Å². The molecule has 0 saturated heterocycles. The number of aryl methyl sites for hydroxylation is 2. The number of thiazole rings is 2. The van der Waals surface area contributed by atoms with Crippen LogP contribution in [0.3, 0.4) is 0 Å². The van der Waals surface area contributed by atoms with Gasteiger partial charge in [-0.2, -0.15) is 0 Å². The average molecular weight is 471 g/mol. The molecule has 0 radical (unpaired) electrons. The van der Waals surface area contributed by atoms with E-state index >= 15 is 0 Å². The van der Waals surface area contributed by atoms with Gasteiger partial charge in [0.2, 0.25) is 11.8 Å². The van der Waals surface area contributed by atoms with Gasteiger partial charge in [0.1, 0.15) is 0 Å². The van der Waals surface area contributed by atoms with E-state index in [0.29, 0.717) is 18.1 Å². The topological polar surface area (TPSA) is 84.0 Å². The Morgan fingerprint density at radius 1 is 1.03 bits per heavy atom. The summed E-state index contributed by atoms with van der Waals surface area (Å²) in [6.45, 7) is 4.03. The number of amides is 2. The molecule has 0 aliphatic carbocycles. The van der Waals surface area contributed by atoms with Crippen molar-refractivity contribution in [1.82, 2.24) is 15.3 Å². The van der Waals surface area contributed by atoms with Gasteiger partial charge in [0.05, 0.1) is 32.3 Å². The second-order valence-electron chi connectivity index (χ2n) is 7.08. The van der Waals surface area contributed by atoms with Crippen molar-refractivity contribution in [3.8, 4) is 10.6 Å². The zero-order valence-electron chi connectivity index (χ0n) is 17.2. The molecule has 160 valence electrons. The lowest BCUT2D eigenvalue weighted by molar-refractivity contribution is -0.119. The molecule has 3 heterocycles. The lowest BCUT2D eigenvalue weighted by Gasteiger charge is -2.00. The zero-order valence-corrected chi connectivity index (χ0v) is 19.7. The number of carbonyl (C=O) groups excluding carboxylic acids is 2. The number of aromatic nitrogens is 2. The summed E-state index contributed by atoms with van der Waals surface area (Å²) in [4.78, 5) is 35.9. The van der Waals surface area contributed by atoms with Crippen molar-refractivity contribution in [2.24, 2.45) is 0 Å². The number of rotatable bonds is 8. The maximum absolute atomic E-state index is 12.4. The standard InChI is InChI=1S/C22H22N4O2S3/c1-13-21(18-11-10-15(30-18)12-23-14(2)27)26-22(29-13)25-19(28)8-5-9-20-24-16-6-3-4-7-17(16)31-20/h3-4,6-7,10-11H,5,8-9,12H2,1-2H3,(H,23,27)(H,25,26,28). The lowest BCUT2D eigenvalue weighted by Crippen LogP contribution is -2.17. The quantitative estimate of drug-likeness (QED) is 0.362. The fourth-order valence-electron chi connectivity index (χ4n) is 3.10. The monoisotopic (exact) mass is 470 g/mol. The third kappa shape index (κ3) is 5.55. The summed E-state index contributed by atoms with van der Waals surface area (Å²) in [6.07, 6.45) is 1.98. The summed E-state index contributed by atoms with van der Waals surface area (Å²) in [5.74, 6) is -0.0770. The molecule has 0 aliphatic heterocycles. The Hall–Kier alpha value is -2.62. The van der Waals surface area contributed by atoms with Crippen LogP contribution in [0.5, 0.6) is 0 Å². The molecule has 0 unspecified atom stereocenters. The van der Waals surface area contributed by atoms with Crippen molar-refractivity contribution in [2.45, 2.75) is 39.7 Å². The van der Waals surface area contributed by atoms with Crippen LogP contribution in [-0.2, 0) is 22.6 Å². The molecule has 0 atom stereocenters. The smallest absolute Gasteiger partial charge is 0.226 e. The van der Waals surface area contributed by atoms with Gasteiger partial charge in [0, 0.05) is 23.1 Å². The van der Waals surface area contributed by atoms with Crippen LogP contribution in [0.2, 0.25) is 0 Å². The van der Waals surface area contributed by atoms with Crippen molar-refractivity contribution in [1.29, 1.82) is 0 Å². The second-order valence-corrected chi connectivity index (χ2v) is 10.6. The normalized spacial score (nSPS) is 11.0. The number of para-hydroxylation sites is 1. The molecule has 9 heteroatoms. The number of benzene rings is 1. The number of anilines is 1. The summed E-state index contributed by atoms with van der Waals surface area (Å²) < 4.78 is 1.18. The zero-order chi connectivity index (χ0) is 21.8. The molecule has 2 amide bonds. The molecule has 3 aromatic heterocycles. The highest BCUT2D eigenvalue weighted by atomic mass is 32.1. The number of nitrogens with zero attached hydrogens (tertiary/aromatic N) is 2. The van der Waals surface area contributed by atoms with E-state index in [4.69, 9.17) is 0 Å². The fraction of sp³-hybridized carbons (Fsp3) is 0.273. The van der Waals surface area contributed by atoms with Gasteiger partial charge in [-0.25, -0.2) is 9.97 Å². The van der Waals surface area contributed by atoms with E-state index in [-0.39, 0.29) is 11.8 Å². The van der Waals surface area contributed by atoms with Gasteiger partial charge in [0.15, 0.2) is 5.13 Å². The van der Waals surface area contributed by atoms with Gasteiger partial charge < -0.3 is 10.6 Å². The molecule has 4 rings (SSSR count). The summed E-state index contributed by atoms with van der Waals surface area (Å²) >= 11 is 4.77. The Kier molecular flexibility index (Phi) is 6.74. The van der Waals surface area contributed by atoms with Gasteiger partial charge in [-0.15, -0.1) is 34.0 Å². The van der Waals surface area contributed by atoms with Crippen molar-refractivity contribution in [2.75, 3.05) is 5.32 Å². The van der Waals surface area contributed by atoms with E-state index in [1.54, 1.807) is 22.7 Å². The van der Waals surface area contributed by atoms with Crippen LogP contribution in [0.4, 0.5) is 5.13 Å². The van der Waals surface area contributed by atoms with E-state index in [1.165, 1.54) is 23.0 Å². The molecule has 0 spiro atoms. The molecule has 4 aromatic rings. The molecule has 6 nitrogen and oxygen atoms in total. The molecule has 0 aliphatic rings. The summed E-state index contributed by atoms with van der Waals surface area (Å²) in [6, 6.07) is 12.1. The lowest BCUT2D eigenvalue weighted by atomic mass is 10.2. The highest BCUT2D eigenvalue weighted by Gasteiger charge is 2.14. The van der Waals surface area contributed by atoms with Crippen molar-refractivity contribution < 1.29 is 9.59 Å². The van der Waals surface area contributed by atoms with E-state index < -0.39 is 0 Å². The van der Waals surface area contributed by atoms with Crippen molar-refractivity contribution >= 4 is 61.2 Å². The Morgan fingerprint density at radius 3 is 2.68 bits per heavy atom. The Labute approximate surface area is 192 Å². The van der Waals surface area contributed by atoms with E-state index in [0.717, 1.165) is 43.7 Å². The van der Waals surface area contributed by atoms with Gasteiger partial charge in [0.25, 0.3) is 0 Å². The first-order valence-corrected chi connectivity index (χ1v) is 12.4. The van der Waals surface area contributed by atoms with Crippen LogP contribution in [0, 0.1) is 6.92 Å². The third-order valence-electron chi connectivity index (χ3n) is 4.58. The summed E-state index contributed by atoms with van der Waals surface area (Å²) in [5, 5.41) is 7.42. The molecule has 31 heavy (non-hydrogen) atoms. The number of thiophene rings is 1. The minimum absolute atomic E-state index is 0.0288. The van der Waals surface area contributed by atoms with Crippen LogP contribution in [0.1, 0.15) is 34.5 Å². The first-order valence-electron chi connectivity index (χ1n) is 9.93. The molecule has 1 aromatic carbocycles. The minimum atomic E-state index is -0.0482. The predicted molar refractivity (Wildman–Crippen MR) is 129 cm³/mol. The Balaban J connectivity index is 1.31. The molecule has 0 saturated carbocycles. The SMILES string of the molecule is CC(=O)NCc1ccc(-c2nc(NC(=O)CCCc3nc4ccccc4s3)sc2C)s1. The predicted octanol–water partition coefficient (Wildman–Crippen LogP) is 5.39. The van der Waals surface area contributed by atoms with Crippen molar-refractivity contribution in [3.63, 3.8) is 0 Å². The first-order chi connectivity index (χ1) is 15.0. The Morgan fingerprint density at radius 2 is 1.87 bits per heavy atom. The number of hydrogen-bond acceptors (Lipinski definition) is 7. The number of hydrogen-bond donors (Lipinski definition) is 2. The van der Waals surface area contributed by atoms with Crippen LogP contribution in [-0.4, -0.2) is 21.8 Å². The highest BCUT2D eigenvalue weighted by Crippen LogP contribution is 2.34. The maximum Gasteiger partial charge on any atom is 0.226 e. The molecule has 0 bridgehead atoms. The first kappa shape index (κ1) is 21.6. The highest BCUT2D eigenvalue weighted by molar-refractivity contribution is 7.18. The van der Waals surface area contributed by atoms with E-state index in [9.17, 15) is 9.59 Å². The number of carbonyl (C=O) groups is 2. The van der Waals surface area contributed by atoms with Gasteiger partial charge in [-0.05, 0) is 44.0 Å². The van der Waals surface area contributed by atoms with E-state index in [2.05, 4.69) is 26.7 Å². The molecule has 0 fully saturated rings. The fourth-order valence-corrected chi connectivity index (χ4v) is 6.01. The third-order valence-corrected chi connectivity index (χ3v) is 7.66. The van der Waals surface area contributed by atoms with Crippen LogP contribution < -0.4 is 10.6 Å². The summed E-state index contributed by atoms with van der Waals surface area (Å²) in [7, 11) is 0. The number of nitrogens with one attached hydrogen (secondary N) is 2. The van der Waals surface area contributed by atoms with Crippen molar-refractivity contribution in [3.05, 3.63) is 51.2 Å². The van der Waals surface area contributed by atoms with Crippen LogP contribution in [0.15, 0.2) is 36.4 Å². The molecular weight excluding hydrogens is 448 g/mol. The van der Waals surface area contributed by atoms with Gasteiger partial charge >= 0.3 is 0 Å². The number of fused-ring (bicyclic) bond motifs is 1. The maximum atomic E-state index is 12.4. The van der Waals surface area contributed by atoms with Crippen LogP contribution >= 0.6 is 34.0 Å². The molecular formula is C22H22N4O2S3. The van der Waals surface area contributed by atoms with E-state index in [1.807, 2.05) is 37.3 Å². The average Bonchev–Trinajstić information content (AvgIpc) is 3.44. The Bertz CT molecular complexity index is 1190. The minimum Gasteiger partial charge on any atom is -0.351 e. The summed E-state index contributed by atoms with van der Waals surface area (Å²) in [5.41, 5.74) is 1.90. The van der Waals surface area contributed by atoms with Gasteiger partial charge in [-0.3, -0.25) is 9.59 Å².